The van der Waals surface area contributed by atoms with Crippen LogP contribution in [0, 0.1) is 0 Å². The molecule has 136 valence electrons. The standard InChI is InChI=1S/C20H25N5O/c1-23(2)16-7-5-6-15(12-16)13-24-11-9-17-18(14-24)22-25(20(17)26)19-8-3-4-10-21-19/h3-4,6,8,10,12,22H,5,7,9,11,13-14H2,1-2H3. The molecule has 0 unspecified atom stereocenters. The molecule has 6 nitrogen and oxygen atoms in total. The Labute approximate surface area is 153 Å². The van der Waals surface area contributed by atoms with Gasteiger partial charge in [-0.25, -0.2) is 9.67 Å². The lowest BCUT2D eigenvalue weighted by molar-refractivity contribution is 0.273. The van der Waals surface area contributed by atoms with Gasteiger partial charge in [-0.1, -0.05) is 12.1 Å². The normalized spacial score (nSPS) is 17.5. The first-order chi connectivity index (χ1) is 12.6. The van der Waals surface area contributed by atoms with E-state index in [1.807, 2.05) is 18.2 Å². The van der Waals surface area contributed by atoms with Crippen LogP contribution in [0.3, 0.4) is 0 Å². The molecule has 0 aromatic carbocycles. The summed E-state index contributed by atoms with van der Waals surface area (Å²) in [4.78, 5) is 21.6. The molecule has 6 heteroatoms. The number of pyridine rings is 1. The fourth-order valence-electron chi connectivity index (χ4n) is 3.73. The van der Waals surface area contributed by atoms with Crippen molar-refractivity contribution in [2.75, 3.05) is 27.2 Å². The fourth-order valence-corrected chi connectivity index (χ4v) is 3.73. The van der Waals surface area contributed by atoms with Gasteiger partial charge < -0.3 is 4.90 Å². The first-order valence-electron chi connectivity index (χ1n) is 9.15. The Bertz CT molecular complexity index is 904. The average molecular weight is 351 g/mol. The van der Waals surface area contributed by atoms with Crippen LogP contribution >= 0.6 is 0 Å². The first kappa shape index (κ1) is 16.8. The lowest BCUT2D eigenvalue weighted by atomic mass is 10.0. The van der Waals surface area contributed by atoms with Crippen molar-refractivity contribution < 1.29 is 0 Å². The molecule has 0 spiro atoms. The van der Waals surface area contributed by atoms with Crippen LogP contribution in [0.15, 0.2) is 52.6 Å². The van der Waals surface area contributed by atoms with Gasteiger partial charge in [0.1, 0.15) is 0 Å². The lowest BCUT2D eigenvalue weighted by Gasteiger charge is -2.28. The Morgan fingerprint density at radius 1 is 1.27 bits per heavy atom. The number of allylic oxidation sites excluding steroid dienone is 2. The Hall–Kier alpha value is -2.60. The van der Waals surface area contributed by atoms with Gasteiger partial charge in [0, 0.05) is 51.2 Å². The van der Waals surface area contributed by atoms with Crippen molar-refractivity contribution in [3.8, 4) is 5.82 Å². The molecule has 0 saturated heterocycles. The number of aromatic nitrogens is 3. The average Bonchev–Trinajstić information content (AvgIpc) is 2.99. The van der Waals surface area contributed by atoms with Gasteiger partial charge in [0.05, 0.1) is 5.69 Å². The highest BCUT2D eigenvalue weighted by atomic mass is 16.1. The number of hydrogen-bond donors (Lipinski definition) is 1. The number of nitrogens with one attached hydrogen (secondary N) is 1. The molecule has 0 atom stereocenters. The summed E-state index contributed by atoms with van der Waals surface area (Å²) in [5, 5.41) is 3.27. The Balaban J connectivity index is 1.52. The van der Waals surface area contributed by atoms with Gasteiger partial charge in [-0.05, 0) is 43.0 Å². The third-order valence-corrected chi connectivity index (χ3v) is 5.15. The predicted octanol–water partition coefficient (Wildman–Crippen LogP) is 2.08. The van der Waals surface area contributed by atoms with E-state index in [0.29, 0.717) is 5.82 Å². The summed E-state index contributed by atoms with van der Waals surface area (Å²) in [6.45, 7) is 2.60. The van der Waals surface area contributed by atoms with Crippen LogP contribution in [-0.4, -0.2) is 51.7 Å². The summed E-state index contributed by atoms with van der Waals surface area (Å²) in [6.07, 6.45) is 9.34. The molecule has 2 aromatic rings. The quantitative estimate of drug-likeness (QED) is 0.916. The van der Waals surface area contributed by atoms with Gasteiger partial charge in [0.2, 0.25) is 0 Å². The molecule has 0 bridgehead atoms. The second-order valence-electron chi connectivity index (χ2n) is 7.21. The van der Waals surface area contributed by atoms with Crippen LogP contribution < -0.4 is 5.56 Å². The molecule has 0 saturated carbocycles. The van der Waals surface area contributed by atoms with E-state index in [2.05, 4.69) is 46.1 Å². The van der Waals surface area contributed by atoms with Gasteiger partial charge in [0.15, 0.2) is 5.82 Å². The van der Waals surface area contributed by atoms with Crippen molar-refractivity contribution >= 4 is 0 Å². The summed E-state index contributed by atoms with van der Waals surface area (Å²) in [5.74, 6) is 0.645. The predicted molar refractivity (Wildman–Crippen MR) is 102 cm³/mol. The first-order valence-corrected chi connectivity index (χ1v) is 9.15. The minimum atomic E-state index is 0.0324. The Morgan fingerprint density at radius 2 is 2.15 bits per heavy atom. The van der Waals surface area contributed by atoms with E-state index < -0.39 is 0 Å². The van der Waals surface area contributed by atoms with Crippen molar-refractivity contribution in [1.82, 2.24) is 24.6 Å². The number of rotatable bonds is 4. The second kappa shape index (κ2) is 6.96. The van der Waals surface area contributed by atoms with Crippen molar-refractivity contribution in [3.63, 3.8) is 0 Å². The Morgan fingerprint density at radius 3 is 2.92 bits per heavy atom. The van der Waals surface area contributed by atoms with E-state index in [1.165, 1.54) is 11.3 Å². The number of H-pyrrole nitrogens is 1. The van der Waals surface area contributed by atoms with E-state index >= 15 is 0 Å². The second-order valence-corrected chi connectivity index (χ2v) is 7.21. The molecule has 1 aliphatic heterocycles. The maximum absolute atomic E-state index is 12.7. The van der Waals surface area contributed by atoms with Crippen LogP contribution in [0.5, 0.6) is 0 Å². The molecule has 0 radical (unpaired) electrons. The highest BCUT2D eigenvalue weighted by Crippen LogP contribution is 2.22. The zero-order valence-electron chi connectivity index (χ0n) is 15.4. The summed E-state index contributed by atoms with van der Waals surface area (Å²) in [7, 11) is 4.21. The van der Waals surface area contributed by atoms with Crippen LogP contribution in [0.25, 0.3) is 5.82 Å². The van der Waals surface area contributed by atoms with Gasteiger partial charge in [0.25, 0.3) is 5.56 Å². The highest BCUT2D eigenvalue weighted by Gasteiger charge is 2.23. The molecular formula is C20H25N5O. The molecule has 26 heavy (non-hydrogen) atoms. The summed E-state index contributed by atoms with van der Waals surface area (Å²) >= 11 is 0. The third kappa shape index (κ3) is 3.24. The summed E-state index contributed by atoms with van der Waals surface area (Å²) in [6, 6.07) is 5.60. The van der Waals surface area contributed by atoms with Crippen molar-refractivity contribution in [2.45, 2.75) is 25.8 Å². The summed E-state index contributed by atoms with van der Waals surface area (Å²) < 4.78 is 1.57. The number of hydrogen-bond acceptors (Lipinski definition) is 4. The molecule has 2 aromatic heterocycles. The van der Waals surface area contributed by atoms with Crippen LogP contribution in [-0.2, 0) is 13.0 Å². The molecule has 4 rings (SSSR count). The number of aromatic amines is 1. The molecule has 1 N–H and O–H groups in total. The van der Waals surface area contributed by atoms with Crippen LogP contribution in [0.2, 0.25) is 0 Å². The van der Waals surface area contributed by atoms with E-state index in [1.54, 1.807) is 10.9 Å². The molecule has 2 aliphatic rings. The smallest absolute Gasteiger partial charge is 0.276 e. The largest absolute Gasteiger partial charge is 0.381 e. The van der Waals surface area contributed by atoms with Crippen LogP contribution in [0.4, 0.5) is 0 Å². The minimum Gasteiger partial charge on any atom is -0.381 e. The number of nitrogens with zero attached hydrogens (tertiary/aromatic N) is 4. The fraction of sp³-hybridized carbons (Fsp3) is 0.400. The van der Waals surface area contributed by atoms with E-state index in [-0.39, 0.29) is 5.56 Å². The zero-order chi connectivity index (χ0) is 18.1. The maximum Gasteiger partial charge on any atom is 0.276 e. The highest BCUT2D eigenvalue weighted by molar-refractivity contribution is 5.31. The van der Waals surface area contributed by atoms with Gasteiger partial charge in [-0.3, -0.25) is 14.8 Å². The van der Waals surface area contributed by atoms with Gasteiger partial charge in [-0.2, -0.15) is 0 Å². The third-order valence-electron chi connectivity index (χ3n) is 5.15. The topological polar surface area (TPSA) is 57.2 Å². The molecule has 0 amide bonds. The SMILES string of the molecule is CN(C)C1=CC(CN2CCc3c([nH]n(-c4ccccn4)c3=O)C2)=CCC1. The van der Waals surface area contributed by atoms with E-state index in [0.717, 1.165) is 50.2 Å². The van der Waals surface area contributed by atoms with E-state index in [4.69, 9.17) is 0 Å². The molecule has 1 aliphatic carbocycles. The Kier molecular flexibility index (Phi) is 4.51. The summed E-state index contributed by atoms with van der Waals surface area (Å²) in [5.41, 5.74) is 4.70. The molecular weight excluding hydrogens is 326 g/mol. The van der Waals surface area contributed by atoms with Crippen molar-refractivity contribution in [3.05, 3.63) is 69.4 Å². The van der Waals surface area contributed by atoms with Crippen LogP contribution in [0.1, 0.15) is 24.1 Å². The molecule has 0 fully saturated rings. The number of fused-ring (bicyclic) bond motifs is 1. The van der Waals surface area contributed by atoms with Gasteiger partial charge in [-0.15, -0.1) is 0 Å². The van der Waals surface area contributed by atoms with Crippen molar-refractivity contribution in [1.29, 1.82) is 0 Å². The monoisotopic (exact) mass is 351 g/mol. The minimum absolute atomic E-state index is 0.0324. The lowest BCUT2D eigenvalue weighted by Crippen LogP contribution is -2.33. The van der Waals surface area contributed by atoms with Gasteiger partial charge >= 0.3 is 0 Å². The zero-order valence-corrected chi connectivity index (χ0v) is 15.4. The van der Waals surface area contributed by atoms with Crippen molar-refractivity contribution in [2.24, 2.45) is 0 Å². The molecule has 3 heterocycles. The maximum atomic E-state index is 12.7. The van der Waals surface area contributed by atoms with E-state index in [9.17, 15) is 4.79 Å².